The molecule has 0 fully saturated rings. The van der Waals surface area contributed by atoms with Crippen LogP contribution < -0.4 is 10.0 Å². The molecule has 0 heterocycles. The van der Waals surface area contributed by atoms with E-state index in [0.717, 1.165) is 28.8 Å². The molecule has 0 aliphatic rings. The molecule has 4 aromatic rings. The largest absolute Gasteiger partial charge is 0.354 e. The maximum atomic E-state index is 13.5. The van der Waals surface area contributed by atoms with E-state index in [1.165, 1.54) is 12.1 Å². The van der Waals surface area contributed by atoms with Crippen molar-refractivity contribution in [3.63, 3.8) is 0 Å². The van der Waals surface area contributed by atoms with Gasteiger partial charge >= 0.3 is 0 Å². The minimum atomic E-state index is -4.40. The van der Waals surface area contributed by atoms with Crippen molar-refractivity contribution in [2.45, 2.75) is 23.3 Å². The monoisotopic (exact) mass is 529 g/mol. The quantitative estimate of drug-likeness (QED) is 0.220. The van der Waals surface area contributed by atoms with Crippen LogP contribution in [0.1, 0.15) is 22.6 Å². The Morgan fingerprint density at radius 1 is 0.763 bits per heavy atom. The summed E-state index contributed by atoms with van der Waals surface area (Å²) in [5.41, 5.74) is 2.17. The van der Waals surface area contributed by atoms with Crippen molar-refractivity contribution in [3.05, 3.63) is 142 Å². The van der Waals surface area contributed by atoms with E-state index >= 15 is 0 Å². The van der Waals surface area contributed by atoms with Crippen LogP contribution in [0.5, 0.6) is 0 Å². The SMILES string of the molecule is O=C(NCC(c1ccccc1)c1ccccc1)[C@@H](Cc1ccccc1)NS(=O)(=O)c1ccccc1[N+](=O)[O-]. The van der Waals surface area contributed by atoms with Gasteiger partial charge in [-0.2, -0.15) is 4.72 Å². The smallest absolute Gasteiger partial charge is 0.289 e. The van der Waals surface area contributed by atoms with E-state index in [0.29, 0.717) is 0 Å². The number of nitro benzene ring substituents is 1. The standard InChI is InChI=1S/C29H27N3O5S/c33-29(30-21-25(23-14-6-2-7-15-23)24-16-8-3-9-17-24)26(20-22-12-4-1-5-13-22)31-38(36,37)28-19-11-10-18-27(28)32(34)35/h1-19,25-26,31H,20-21H2,(H,30,33)/t26-/m1/s1. The number of hydrogen-bond donors (Lipinski definition) is 2. The zero-order valence-corrected chi connectivity index (χ0v) is 21.3. The summed E-state index contributed by atoms with van der Waals surface area (Å²) in [6, 6.07) is 32.3. The van der Waals surface area contributed by atoms with Gasteiger partial charge in [0.05, 0.1) is 4.92 Å². The second-order valence-electron chi connectivity index (χ2n) is 8.71. The Balaban J connectivity index is 1.60. The predicted octanol–water partition coefficient (Wildman–Crippen LogP) is 4.43. The van der Waals surface area contributed by atoms with Crippen molar-refractivity contribution in [1.82, 2.24) is 10.0 Å². The lowest BCUT2D eigenvalue weighted by Crippen LogP contribution is -2.48. The van der Waals surface area contributed by atoms with Crippen LogP contribution in [0.15, 0.2) is 120 Å². The van der Waals surface area contributed by atoms with E-state index in [-0.39, 0.29) is 18.9 Å². The number of nitro groups is 1. The van der Waals surface area contributed by atoms with Gasteiger partial charge in [0.1, 0.15) is 6.04 Å². The molecule has 4 rings (SSSR count). The summed E-state index contributed by atoms with van der Waals surface area (Å²) in [4.78, 5) is 23.7. The molecule has 0 aliphatic heterocycles. The Morgan fingerprint density at radius 3 is 1.82 bits per heavy atom. The summed E-state index contributed by atoms with van der Waals surface area (Å²) in [5, 5.41) is 14.4. The third-order valence-corrected chi connectivity index (χ3v) is 7.65. The molecule has 2 N–H and O–H groups in total. The average molecular weight is 530 g/mol. The number of sulfonamides is 1. The van der Waals surface area contributed by atoms with Crippen LogP contribution in [0, 0.1) is 10.1 Å². The maximum Gasteiger partial charge on any atom is 0.289 e. The van der Waals surface area contributed by atoms with Crippen LogP contribution in [0.2, 0.25) is 0 Å². The zero-order valence-electron chi connectivity index (χ0n) is 20.4. The van der Waals surface area contributed by atoms with E-state index in [1.54, 1.807) is 24.3 Å². The first-order valence-electron chi connectivity index (χ1n) is 12.0. The predicted molar refractivity (Wildman–Crippen MR) is 145 cm³/mol. The molecule has 0 bridgehead atoms. The van der Waals surface area contributed by atoms with E-state index < -0.39 is 37.5 Å². The summed E-state index contributed by atoms with van der Waals surface area (Å²) >= 11 is 0. The van der Waals surface area contributed by atoms with Gasteiger partial charge in [-0.15, -0.1) is 0 Å². The third kappa shape index (κ3) is 6.70. The third-order valence-electron chi connectivity index (χ3n) is 6.13. The van der Waals surface area contributed by atoms with Gasteiger partial charge in [-0.25, -0.2) is 8.42 Å². The minimum absolute atomic E-state index is 0.0634. The fourth-order valence-corrected chi connectivity index (χ4v) is 5.62. The summed E-state index contributed by atoms with van der Waals surface area (Å²) < 4.78 is 28.9. The Hall–Kier alpha value is -4.34. The van der Waals surface area contributed by atoms with Gasteiger partial charge < -0.3 is 5.32 Å². The summed E-state index contributed by atoms with van der Waals surface area (Å²) in [5.74, 6) is -0.696. The summed E-state index contributed by atoms with van der Waals surface area (Å²) in [6.45, 7) is 0.228. The molecule has 0 radical (unpaired) electrons. The van der Waals surface area contributed by atoms with E-state index in [2.05, 4.69) is 10.0 Å². The van der Waals surface area contributed by atoms with Crippen LogP contribution in [0.4, 0.5) is 5.69 Å². The summed E-state index contributed by atoms with van der Waals surface area (Å²) in [6.07, 6.45) is 0.0634. The van der Waals surface area contributed by atoms with Crippen molar-refractivity contribution in [2.75, 3.05) is 6.54 Å². The number of rotatable bonds is 11. The highest BCUT2D eigenvalue weighted by Crippen LogP contribution is 2.25. The van der Waals surface area contributed by atoms with Gasteiger partial charge in [0.2, 0.25) is 15.9 Å². The number of carbonyl (C=O) groups is 1. The second kappa shape index (κ2) is 12.3. The molecule has 0 saturated heterocycles. The molecule has 0 saturated carbocycles. The van der Waals surface area contributed by atoms with Crippen LogP contribution >= 0.6 is 0 Å². The highest BCUT2D eigenvalue weighted by Gasteiger charge is 2.31. The highest BCUT2D eigenvalue weighted by atomic mass is 32.2. The molecule has 8 nitrogen and oxygen atoms in total. The van der Waals surface area contributed by atoms with E-state index in [4.69, 9.17) is 0 Å². The number of benzene rings is 4. The van der Waals surface area contributed by atoms with Gasteiger partial charge in [-0.3, -0.25) is 14.9 Å². The van der Waals surface area contributed by atoms with Crippen molar-refractivity contribution in [3.8, 4) is 0 Å². The first kappa shape index (κ1) is 26.7. The lowest BCUT2D eigenvalue weighted by Gasteiger charge is -2.22. The number of nitrogens with zero attached hydrogens (tertiary/aromatic N) is 1. The molecule has 0 unspecified atom stereocenters. The van der Waals surface area contributed by atoms with E-state index in [1.807, 2.05) is 66.7 Å². The number of nitrogens with one attached hydrogen (secondary N) is 2. The first-order chi connectivity index (χ1) is 18.3. The van der Waals surface area contributed by atoms with E-state index in [9.17, 15) is 23.3 Å². The van der Waals surface area contributed by atoms with Gasteiger partial charge in [-0.05, 0) is 29.2 Å². The topological polar surface area (TPSA) is 118 Å². The fraction of sp³-hybridized carbons (Fsp3) is 0.138. The van der Waals surface area contributed by atoms with Crippen LogP contribution in [-0.2, 0) is 21.2 Å². The van der Waals surface area contributed by atoms with Crippen LogP contribution in [0.25, 0.3) is 0 Å². The Labute approximate surface area is 221 Å². The molecule has 0 aliphatic carbocycles. The number of para-hydroxylation sites is 1. The van der Waals surface area contributed by atoms with Crippen molar-refractivity contribution in [2.24, 2.45) is 0 Å². The average Bonchev–Trinajstić information content (AvgIpc) is 2.94. The minimum Gasteiger partial charge on any atom is -0.354 e. The van der Waals surface area contributed by atoms with Gasteiger partial charge in [0, 0.05) is 18.5 Å². The van der Waals surface area contributed by atoms with Crippen LogP contribution in [0.3, 0.4) is 0 Å². The molecule has 38 heavy (non-hydrogen) atoms. The maximum absolute atomic E-state index is 13.5. The highest BCUT2D eigenvalue weighted by molar-refractivity contribution is 7.89. The molecule has 0 aromatic heterocycles. The van der Waals surface area contributed by atoms with Crippen molar-refractivity contribution >= 4 is 21.6 Å². The lowest BCUT2D eigenvalue weighted by molar-refractivity contribution is -0.387. The molecule has 194 valence electrons. The van der Waals surface area contributed by atoms with Crippen molar-refractivity contribution in [1.29, 1.82) is 0 Å². The Kier molecular flexibility index (Phi) is 8.62. The molecule has 1 amide bonds. The Morgan fingerprint density at radius 2 is 1.26 bits per heavy atom. The number of carbonyl (C=O) groups excluding carboxylic acids is 1. The first-order valence-corrected chi connectivity index (χ1v) is 13.5. The van der Waals surface area contributed by atoms with Gasteiger partial charge in [0.15, 0.2) is 4.90 Å². The van der Waals surface area contributed by atoms with Crippen LogP contribution in [-0.4, -0.2) is 31.8 Å². The molecule has 9 heteroatoms. The fourth-order valence-electron chi connectivity index (χ4n) is 4.25. The second-order valence-corrected chi connectivity index (χ2v) is 10.4. The molecule has 4 aromatic carbocycles. The zero-order chi connectivity index (χ0) is 27.0. The van der Waals surface area contributed by atoms with Gasteiger partial charge in [0.25, 0.3) is 5.69 Å². The number of amides is 1. The molecule has 1 atom stereocenters. The molecular weight excluding hydrogens is 502 g/mol. The Bertz CT molecular complexity index is 1440. The normalized spacial score (nSPS) is 12.1. The van der Waals surface area contributed by atoms with Gasteiger partial charge in [-0.1, -0.05) is 103 Å². The van der Waals surface area contributed by atoms with Crippen molar-refractivity contribution < 1.29 is 18.1 Å². The lowest BCUT2D eigenvalue weighted by atomic mass is 9.91. The molecule has 0 spiro atoms. The number of hydrogen-bond acceptors (Lipinski definition) is 5. The molecular formula is C29H27N3O5S. The summed E-state index contributed by atoms with van der Waals surface area (Å²) in [7, 11) is -4.40.